The summed E-state index contributed by atoms with van der Waals surface area (Å²) in [5.41, 5.74) is 0.820. The standard InChI is InChI=1S/C29H43BO2Si/c1-9-29(10-2,11-3)26(22-24-18-14-12-15-19-24)33(8,25-20-16-13-17-21-25)23-30-31-27(4,5)28(6,7)32-30/h12-22H,9-11,23H2,1-8H3/b26-22+. The van der Waals surface area contributed by atoms with E-state index in [4.69, 9.17) is 9.31 Å². The Labute approximate surface area is 203 Å². The van der Waals surface area contributed by atoms with Crippen LogP contribution in [0.5, 0.6) is 0 Å². The normalized spacial score (nSPS) is 20.0. The Bertz CT molecular complexity index is 910. The van der Waals surface area contributed by atoms with Crippen LogP contribution in [0.3, 0.4) is 0 Å². The van der Waals surface area contributed by atoms with Crippen LogP contribution in [0.25, 0.3) is 6.08 Å². The van der Waals surface area contributed by atoms with Gasteiger partial charge in [-0.15, -0.1) is 0 Å². The first-order chi connectivity index (χ1) is 15.5. The number of benzene rings is 2. The van der Waals surface area contributed by atoms with Gasteiger partial charge in [0.15, 0.2) is 0 Å². The minimum Gasteiger partial charge on any atom is -0.403 e. The fraction of sp³-hybridized carbons (Fsp3) is 0.517. The zero-order chi connectivity index (χ0) is 24.3. The van der Waals surface area contributed by atoms with Crippen LogP contribution in [0.15, 0.2) is 65.9 Å². The molecule has 1 fully saturated rings. The third kappa shape index (κ3) is 5.08. The molecule has 1 aliphatic heterocycles. The van der Waals surface area contributed by atoms with Crippen molar-refractivity contribution in [2.24, 2.45) is 5.41 Å². The lowest BCUT2D eigenvalue weighted by Gasteiger charge is -2.44. The molecule has 0 N–H and O–H groups in total. The summed E-state index contributed by atoms with van der Waals surface area (Å²) in [6.45, 7) is 18.2. The molecule has 1 unspecified atom stereocenters. The van der Waals surface area contributed by atoms with Crippen LogP contribution in [0.4, 0.5) is 0 Å². The molecule has 1 atom stereocenters. The van der Waals surface area contributed by atoms with E-state index >= 15 is 0 Å². The Kier molecular flexibility index (Phi) is 7.83. The average Bonchev–Trinajstić information content (AvgIpc) is 3.01. The molecule has 2 aromatic carbocycles. The van der Waals surface area contributed by atoms with E-state index in [9.17, 15) is 0 Å². The minimum atomic E-state index is -2.22. The maximum atomic E-state index is 6.58. The third-order valence-corrected chi connectivity index (χ3v) is 13.2. The highest BCUT2D eigenvalue weighted by atomic mass is 28.3. The second kappa shape index (κ2) is 9.93. The van der Waals surface area contributed by atoms with Gasteiger partial charge in [-0.1, -0.05) is 104 Å². The van der Waals surface area contributed by atoms with Gasteiger partial charge in [0.25, 0.3) is 0 Å². The highest BCUT2D eigenvalue weighted by molar-refractivity contribution is 7.02. The van der Waals surface area contributed by atoms with E-state index in [0.717, 1.165) is 25.2 Å². The second-order valence-electron chi connectivity index (χ2n) is 10.9. The van der Waals surface area contributed by atoms with Gasteiger partial charge >= 0.3 is 7.12 Å². The summed E-state index contributed by atoms with van der Waals surface area (Å²) in [7, 11) is -2.41. The lowest BCUT2D eigenvalue weighted by Crippen LogP contribution is -2.54. The molecule has 2 aromatic rings. The van der Waals surface area contributed by atoms with Crippen molar-refractivity contribution >= 4 is 26.5 Å². The van der Waals surface area contributed by atoms with E-state index in [0.29, 0.717) is 0 Å². The molecule has 0 aliphatic carbocycles. The highest BCUT2D eigenvalue weighted by Crippen LogP contribution is 2.47. The van der Waals surface area contributed by atoms with Crippen LogP contribution < -0.4 is 5.19 Å². The smallest absolute Gasteiger partial charge is 0.403 e. The van der Waals surface area contributed by atoms with Crippen LogP contribution in [0.1, 0.15) is 73.3 Å². The number of rotatable bonds is 9. The topological polar surface area (TPSA) is 18.5 Å². The molecule has 0 radical (unpaired) electrons. The molecule has 3 rings (SSSR count). The van der Waals surface area contributed by atoms with Crippen molar-refractivity contribution in [3.8, 4) is 0 Å². The first kappa shape index (κ1) is 26.0. The summed E-state index contributed by atoms with van der Waals surface area (Å²) in [5.74, 6) is 0.921. The molecular formula is C29H43BO2Si. The first-order valence-corrected chi connectivity index (χ1v) is 15.4. The predicted molar refractivity (Wildman–Crippen MR) is 146 cm³/mol. The van der Waals surface area contributed by atoms with Crippen LogP contribution in [0, 0.1) is 5.41 Å². The molecule has 0 amide bonds. The summed E-state index contributed by atoms with van der Waals surface area (Å²) >= 11 is 0. The molecule has 0 bridgehead atoms. The van der Waals surface area contributed by atoms with Gasteiger partial charge in [0.05, 0.1) is 11.2 Å². The molecule has 178 valence electrons. The van der Waals surface area contributed by atoms with Gasteiger partial charge < -0.3 is 9.31 Å². The summed E-state index contributed by atoms with van der Waals surface area (Å²) in [4.78, 5) is 0. The molecule has 0 aromatic heterocycles. The van der Waals surface area contributed by atoms with E-state index in [1.165, 1.54) is 10.8 Å². The summed E-state index contributed by atoms with van der Waals surface area (Å²) < 4.78 is 13.2. The van der Waals surface area contributed by atoms with Crippen LogP contribution in [-0.2, 0) is 9.31 Å². The molecule has 1 heterocycles. The predicted octanol–water partition coefficient (Wildman–Crippen LogP) is 7.44. The van der Waals surface area contributed by atoms with Gasteiger partial charge in [-0.05, 0) is 63.9 Å². The average molecular weight is 463 g/mol. The van der Waals surface area contributed by atoms with E-state index < -0.39 is 8.07 Å². The van der Waals surface area contributed by atoms with Crippen molar-refractivity contribution < 1.29 is 9.31 Å². The molecular weight excluding hydrogens is 419 g/mol. The lowest BCUT2D eigenvalue weighted by molar-refractivity contribution is 0.00578. The zero-order valence-corrected chi connectivity index (χ0v) is 23.1. The van der Waals surface area contributed by atoms with E-state index in [1.807, 2.05) is 0 Å². The van der Waals surface area contributed by atoms with Crippen LogP contribution in [-0.4, -0.2) is 26.4 Å². The molecule has 2 nitrogen and oxygen atoms in total. The highest BCUT2D eigenvalue weighted by Gasteiger charge is 2.55. The van der Waals surface area contributed by atoms with E-state index in [-0.39, 0.29) is 23.7 Å². The van der Waals surface area contributed by atoms with Crippen molar-refractivity contribution in [1.29, 1.82) is 0 Å². The summed E-state index contributed by atoms with van der Waals surface area (Å²) in [5, 5.41) is 3.08. The Morgan fingerprint density at radius 2 is 1.27 bits per heavy atom. The summed E-state index contributed by atoms with van der Waals surface area (Å²) in [6.07, 6.45) is 5.92. The molecule has 33 heavy (non-hydrogen) atoms. The number of hydrogen-bond donors (Lipinski definition) is 0. The molecule has 0 saturated carbocycles. The van der Waals surface area contributed by atoms with Crippen molar-refractivity contribution in [1.82, 2.24) is 0 Å². The first-order valence-electron chi connectivity index (χ1n) is 12.7. The Balaban J connectivity index is 2.20. The second-order valence-corrected chi connectivity index (χ2v) is 15.1. The van der Waals surface area contributed by atoms with Crippen LogP contribution in [0.2, 0.25) is 12.5 Å². The van der Waals surface area contributed by atoms with E-state index in [2.05, 4.69) is 122 Å². The van der Waals surface area contributed by atoms with Crippen LogP contribution >= 0.6 is 0 Å². The largest absolute Gasteiger partial charge is 0.455 e. The fourth-order valence-corrected chi connectivity index (χ4v) is 10.2. The molecule has 4 heteroatoms. The SMILES string of the molecule is CCC(CC)(CC)/C(=C\c1ccccc1)[Si](C)(CB1OC(C)(C)C(C)(C)O1)c1ccccc1. The van der Waals surface area contributed by atoms with Crippen molar-refractivity contribution in [2.45, 2.75) is 91.4 Å². The maximum absolute atomic E-state index is 6.58. The molecule has 1 aliphatic rings. The monoisotopic (exact) mass is 462 g/mol. The van der Waals surface area contributed by atoms with Crippen molar-refractivity contribution in [2.75, 3.05) is 0 Å². The van der Waals surface area contributed by atoms with Gasteiger partial charge in [-0.2, -0.15) is 0 Å². The molecule has 1 saturated heterocycles. The third-order valence-electron chi connectivity index (χ3n) is 8.59. The quantitative estimate of drug-likeness (QED) is 0.361. The Morgan fingerprint density at radius 3 is 1.73 bits per heavy atom. The lowest BCUT2D eigenvalue weighted by atomic mass is 9.78. The Hall–Kier alpha value is -1.62. The van der Waals surface area contributed by atoms with Crippen molar-refractivity contribution in [3.05, 3.63) is 71.4 Å². The van der Waals surface area contributed by atoms with Gasteiger partial charge in [0.2, 0.25) is 0 Å². The summed E-state index contributed by atoms with van der Waals surface area (Å²) in [6, 6.07) is 22.0. The van der Waals surface area contributed by atoms with Gasteiger partial charge in [0, 0.05) is 0 Å². The van der Waals surface area contributed by atoms with E-state index in [1.54, 1.807) is 5.20 Å². The fourth-order valence-electron chi connectivity index (χ4n) is 5.51. The minimum absolute atomic E-state index is 0.163. The van der Waals surface area contributed by atoms with Gasteiger partial charge in [-0.25, -0.2) is 0 Å². The van der Waals surface area contributed by atoms with Gasteiger partial charge in [0.1, 0.15) is 8.07 Å². The zero-order valence-electron chi connectivity index (χ0n) is 22.1. The number of allylic oxidation sites excluding steroid dienone is 1. The number of hydrogen-bond acceptors (Lipinski definition) is 2. The molecule has 0 spiro atoms. The van der Waals surface area contributed by atoms with Gasteiger partial charge in [-0.3, -0.25) is 0 Å². The Morgan fingerprint density at radius 1 is 0.818 bits per heavy atom. The van der Waals surface area contributed by atoms with Crippen molar-refractivity contribution in [3.63, 3.8) is 0 Å². The maximum Gasteiger partial charge on any atom is 0.455 e.